The minimum absolute atomic E-state index is 0.00860. The largest absolute Gasteiger partial charge is 0.481 e. The third-order valence-corrected chi connectivity index (χ3v) is 4.74. The summed E-state index contributed by atoms with van der Waals surface area (Å²) in [5.74, 6) is -1.04. The van der Waals surface area contributed by atoms with Gasteiger partial charge in [-0.15, -0.1) is 0 Å². The fourth-order valence-electron chi connectivity index (χ4n) is 1.23. The maximum Gasteiger partial charge on any atom is 0.310 e. The SMILES string of the molecule is CCC(C)(CNS(=O)(=O)c1cncc(Br)c1)C(=O)O. The van der Waals surface area contributed by atoms with Crippen molar-refractivity contribution in [1.82, 2.24) is 9.71 Å². The number of aliphatic carboxylic acids is 1. The van der Waals surface area contributed by atoms with Crippen molar-refractivity contribution in [2.24, 2.45) is 5.41 Å². The van der Waals surface area contributed by atoms with Crippen molar-refractivity contribution in [2.45, 2.75) is 25.2 Å². The zero-order valence-electron chi connectivity index (χ0n) is 10.6. The van der Waals surface area contributed by atoms with Gasteiger partial charge >= 0.3 is 5.97 Å². The first kappa shape index (κ1) is 16.1. The van der Waals surface area contributed by atoms with Crippen molar-refractivity contribution in [2.75, 3.05) is 6.54 Å². The van der Waals surface area contributed by atoms with Crippen LogP contribution in [0.2, 0.25) is 0 Å². The topological polar surface area (TPSA) is 96.4 Å². The predicted octanol–water partition coefficient (Wildman–Crippen LogP) is 1.62. The summed E-state index contributed by atoms with van der Waals surface area (Å²) in [7, 11) is -3.77. The molecule has 1 unspecified atom stereocenters. The third kappa shape index (κ3) is 3.99. The molecule has 1 rings (SSSR count). The van der Waals surface area contributed by atoms with Gasteiger partial charge in [0.1, 0.15) is 4.90 Å². The molecule has 0 saturated carbocycles. The number of hydrogen-bond acceptors (Lipinski definition) is 4. The third-order valence-electron chi connectivity index (χ3n) is 2.94. The van der Waals surface area contributed by atoms with Gasteiger partial charge in [-0.3, -0.25) is 9.78 Å². The van der Waals surface area contributed by atoms with E-state index >= 15 is 0 Å². The zero-order chi connectivity index (χ0) is 14.7. The number of rotatable bonds is 6. The molecule has 106 valence electrons. The summed E-state index contributed by atoms with van der Waals surface area (Å²) in [6.45, 7) is 3.02. The first-order valence-electron chi connectivity index (χ1n) is 5.55. The number of nitrogens with one attached hydrogen (secondary N) is 1. The van der Waals surface area contributed by atoms with Gasteiger partial charge in [0, 0.05) is 23.4 Å². The fraction of sp³-hybridized carbons (Fsp3) is 0.455. The van der Waals surface area contributed by atoms with Gasteiger partial charge in [-0.25, -0.2) is 13.1 Å². The molecule has 0 bridgehead atoms. The highest BCUT2D eigenvalue weighted by Crippen LogP contribution is 2.21. The van der Waals surface area contributed by atoms with E-state index in [1.54, 1.807) is 6.92 Å². The van der Waals surface area contributed by atoms with E-state index < -0.39 is 21.4 Å². The molecule has 0 aromatic carbocycles. The highest BCUT2D eigenvalue weighted by molar-refractivity contribution is 9.10. The smallest absolute Gasteiger partial charge is 0.310 e. The molecule has 0 saturated heterocycles. The Hall–Kier alpha value is -0.990. The molecule has 0 spiro atoms. The van der Waals surface area contributed by atoms with Crippen molar-refractivity contribution < 1.29 is 18.3 Å². The molecule has 8 heteroatoms. The average Bonchev–Trinajstić information content (AvgIpc) is 2.36. The number of halogens is 1. The lowest BCUT2D eigenvalue weighted by Crippen LogP contribution is -2.40. The fourth-order valence-corrected chi connectivity index (χ4v) is 2.90. The second kappa shape index (κ2) is 5.98. The van der Waals surface area contributed by atoms with Gasteiger partial charge < -0.3 is 5.11 Å². The van der Waals surface area contributed by atoms with Crippen LogP contribution in [0, 0.1) is 5.41 Å². The summed E-state index contributed by atoms with van der Waals surface area (Å²) in [6, 6.07) is 1.40. The number of aromatic nitrogens is 1. The molecule has 1 aromatic rings. The second-order valence-corrected chi connectivity index (χ2v) is 7.07. The van der Waals surface area contributed by atoms with Crippen LogP contribution in [-0.4, -0.2) is 31.0 Å². The Balaban J connectivity index is 2.90. The molecule has 0 fully saturated rings. The van der Waals surface area contributed by atoms with Crippen molar-refractivity contribution in [3.63, 3.8) is 0 Å². The Bertz CT molecular complexity index is 576. The molecule has 2 N–H and O–H groups in total. The Morgan fingerprint density at radius 1 is 1.53 bits per heavy atom. The van der Waals surface area contributed by atoms with E-state index in [9.17, 15) is 13.2 Å². The molecular formula is C11H15BrN2O4S. The van der Waals surface area contributed by atoms with E-state index in [0.717, 1.165) is 0 Å². The van der Waals surface area contributed by atoms with E-state index in [4.69, 9.17) is 5.11 Å². The summed E-state index contributed by atoms with van der Waals surface area (Å²) in [4.78, 5) is 14.9. The first-order valence-corrected chi connectivity index (χ1v) is 7.82. The molecule has 0 aliphatic carbocycles. The minimum atomic E-state index is -3.77. The Morgan fingerprint density at radius 2 is 2.16 bits per heavy atom. The van der Waals surface area contributed by atoms with Crippen LogP contribution in [-0.2, 0) is 14.8 Å². The minimum Gasteiger partial charge on any atom is -0.481 e. The summed E-state index contributed by atoms with van der Waals surface area (Å²) in [5, 5.41) is 9.09. The second-order valence-electron chi connectivity index (χ2n) is 4.38. The van der Waals surface area contributed by atoms with E-state index in [0.29, 0.717) is 10.9 Å². The molecule has 19 heavy (non-hydrogen) atoms. The molecular weight excluding hydrogens is 336 g/mol. The quantitative estimate of drug-likeness (QED) is 0.812. The Kier molecular flexibility index (Phi) is 5.05. The highest BCUT2D eigenvalue weighted by atomic mass is 79.9. The molecule has 1 heterocycles. The van der Waals surface area contributed by atoms with Gasteiger partial charge in [0.25, 0.3) is 0 Å². The molecule has 0 aliphatic heterocycles. The Labute approximate surface area is 120 Å². The van der Waals surface area contributed by atoms with Crippen molar-refractivity contribution in [3.05, 3.63) is 22.9 Å². The van der Waals surface area contributed by atoms with Crippen LogP contribution in [0.3, 0.4) is 0 Å². The normalized spacial score (nSPS) is 14.9. The number of hydrogen-bond donors (Lipinski definition) is 2. The van der Waals surface area contributed by atoms with Gasteiger partial charge in [0.05, 0.1) is 5.41 Å². The van der Waals surface area contributed by atoms with E-state index in [-0.39, 0.29) is 11.4 Å². The van der Waals surface area contributed by atoms with Gasteiger partial charge in [0.2, 0.25) is 10.0 Å². The number of pyridine rings is 1. The van der Waals surface area contributed by atoms with E-state index in [1.807, 2.05) is 0 Å². The maximum atomic E-state index is 12.0. The van der Waals surface area contributed by atoms with Crippen LogP contribution in [0.1, 0.15) is 20.3 Å². The standard InChI is InChI=1S/C11H15BrN2O4S/c1-3-11(2,10(15)16)7-14-19(17,18)9-4-8(12)5-13-6-9/h4-6,14H,3,7H2,1-2H3,(H,15,16). The number of carboxylic acid groups (broad SMARTS) is 1. The lowest BCUT2D eigenvalue weighted by Gasteiger charge is -2.23. The molecule has 0 amide bonds. The van der Waals surface area contributed by atoms with Crippen LogP contribution in [0.25, 0.3) is 0 Å². The lowest BCUT2D eigenvalue weighted by molar-refractivity contribution is -0.147. The highest BCUT2D eigenvalue weighted by Gasteiger charge is 2.32. The summed E-state index contributed by atoms with van der Waals surface area (Å²) in [5.41, 5.74) is -1.13. The maximum absolute atomic E-state index is 12.0. The molecule has 6 nitrogen and oxygen atoms in total. The summed E-state index contributed by atoms with van der Waals surface area (Å²) in [6.07, 6.45) is 2.99. The van der Waals surface area contributed by atoms with Crippen LogP contribution in [0.4, 0.5) is 0 Å². The zero-order valence-corrected chi connectivity index (χ0v) is 13.0. The van der Waals surface area contributed by atoms with Crippen LogP contribution in [0.5, 0.6) is 0 Å². The number of sulfonamides is 1. The van der Waals surface area contributed by atoms with Crippen molar-refractivity contribution in [1.29, 1.82) is 0 Å². The molecule has 1 aromatic heterocycles. The van der Waals surface area contributed by atoms with Crippen molar-refractivity contribution in [3.8, 4) is 0 Å². The van der Waals surface area contributed by atoms with Gasteiger partial charge in [-0.1, -0.05) is 6.92 Å². The lowest BCUT2D eigenvalue weighted by atomic mass is 9.88. The van der Waals surface area contributed by atoms with Crippen molar-refractivity contribution >= 4 is 31.9 Å². The number of carbonyl (C=O) groups is 1. The van der Waals surface area contributed by atoms with E-state index in [1.165, 1.54) is 25.4 Å². The van der Waals surface area contributed by atoms with Gasteiger partial charge in [-0.05, 0) is 35.3 Å². The van der Waals surface area contributed by atoms with Crippen LogP contribution >= 0.6 is 15.9 Å². The summed E-state index contributed by atoms with van der Waals surface area (Å²) >= 11 is 3.13. The molecule has 1 atom stereocenters. The Morgan fingerprint density at radius 3 is 2.63 bits per heavy atom. The van der Waals surface area contributed by atoms with E-state index in [2.05, 4.69) is 25.6 Å². The predicted molar refractivity (Wildman–Crippen MR) is 73.2 cm³/mol. The number of carboxylic acids is 1. The molecule has 0 aliphatic rings. The number of nitrogens with zero attached hydrogens (tertiary/aromatic N) is 1. The molecule has 0 radical (unpaired) electrons. The monoisotopic (exact) mass is 350 g/mol. The first-order chi connectivity index (χ1) is 8.71. The average molecular weight is 351 g/mol. The van der Waals surface area contributed by atoms with Crippen LogP contribution < -0.4 is 4.72 Å². The van der Waals surface area contributed by atoms with Crippen LogP contribution in [0.15, 0.2) is 27.8 Å². The van der Waals surface area contributed by atoms with Gasteiger partial charge in [-0.2, -0.15) is 0 Å². The summed E-state index contributed by atoms with van der Waals surface area (Å²) < 4.78 is 26.8. The van der Waals surface area contributed by atoms with Gasteiger partial charge in [0.15, 0.2) is 0 Å².